The predicted octanol–water partition coefficient (Wildman–Crippen LogP) is 3.62. The van der Waals surface area contributed by atoms with E-state index in [0.717, 1.165) is 35.0 Å². The number of halogens is 1. The molecule has 0 aliphatic rings. The van der Waals surface area contributed by atoms with Crippen molar-refractivity contribution in [3.8, 4) is 11.5 Å². The van der Waals surface area contributed by atoms with Crippen LogP contribution in [0.3, 0.4) is 0 Å². The molecule has 4 nitrogen and oxygen atoms in total. The van der Waals surface area contributed by atoms with Crippen LogP contribution in [0.25, 0.3) is 0 Å². The molecule has 0 atom stereocenters. The molecule has 0 unspecified atom stereocenters. The van der Waals surface area contributed by atoms with Crippen molar-refractivity contribution in [2.75, 3.05) is 34.3 Å². The second-order valence-corrected chi connectivity index (χ2v) is 6.58. The van der Waals surface area contributed by atoms with E-state index in [0.29, 0.717) is 18.9 Å². The molecule has 0 aliphatic carbocycles. The Morgan fingerprint density at radius 2 is 1.75 bits per heavy atom. The fraction of sp³-hybridized carbons (Fsp3) is 0.368. The van der Waals surface area contributed by atoms with Crippen LogP contribution in [0.5, 0.6) is 11.5 Å². The van der Waals surface area contributed by atoms with Gasteiger partial charge in [0, 0.05) is 35.8 Å². The summed E-state index contributed by atoms with van der Waals surface area (Å²) in [4.78, 5) is 4.18. The van der Waals surface area contributed by atoms with Crippen molar-refractivity contribution in [1.29, 1.82) is 0 Å². The van der Waals surface area contributed by atoms with Gasteiger partial charge in [0.05, 0.1) is 0 Å². The van der Waals surface area contributed by atoms with Crippen LogP contribution in [0.4, 0.5) is 0 Å². The molecular formula is C19H25ClN2O2. The highest BCUT2D eigenvalue weighted by atomic mass is 35.5. The van der Waals surface area contributed by atoms with Gasteiger partial charge in [0.15, 0.2) is 0 Å². The highest BCUT2D eigenvalue weighted by Crippen LogP contribution is 2.27. The summed E-state index contributed by atoms with van der Waals surface area (Å²) in [5.74, 6) is 1.15. The van der Waals surface area contributed by atoms with Gasteiger partial charge in [0.2, 0.25) is 0 Å². The van der Waals surface area contributed by atoms with Gasteiger partial charge in [0.1, 0.15) is 18.1 Å². The first kappa shape index (κ1) is 18.6. The Hall–Kier alpha value is -1.75. The molecule has 0 aromatic heterocycles. The summed E-state index contributed by atoms with van der Waals surface area (Å²) >= 11 is 6.29. The molecule has 130 valence electrons. The molecule has 0 fully saturated rings. The maximum absolute atomic E-state index is 9.84. The Labute approximate surface area is 149 Å². The number of nitrogens with zero attached hydrogens (tertiary/aromatic N) is 2. The molecule has 0 radical (unpaired) electrons. The highest BCUT2D eigenvalue weighted by Gasteiger charge is 2.10. The van der Waals surface area contributed by atoms with Gasteiger partial charge in [-0.3, -0.25) is 4.90 Å². The molecule has 0 aliphatic heterocycles. The van der Waals surface area contributed by atoms with Gasteiger partial charge < -0.3 is 14.7 Å². The highest BCUT2D eigenvalue weighted by molar-refractivity contribution is 6.31. The summed E-state index contributed by atoms with van der Waals surface area (Å²) in [6.07, 6.45) is 0. The average Bonchev–Trinajstić information content (AvgIpc) is 2.52. The molecule has 0 heterocycles. The molecule has 0 bridgehead atoms. The van der Waals surface area contributed by atoms with Gasteiger partial charge in [-0.25, -0.2) is 0 Å². The first-order valence-electron chi connectivity index (χ1n) is 7.97. The first-order valence-corrected chi connectivity index (χ1v) is 8.35. The van der Waals surface area contributed by atoms with Gasteiger partial charge in [-0.15, -0.1) is 0 Å². The largest absolute Gasteiger partial charge is 0.508 e. The van der Waals surface area contributed by atoms with Crippen molar-refractivity contribution in [1.82, 2.24) is 9.80 Å². The Morgan fingerprint density at radius 1 is 1.00 bits per heavy atom. The monoisotopic (exact) mass is 348 g/mol. The molecule has 2 aromatic carbocycles. The smallest absolute Gasteiger partial charge is 0.125 e. The summed E-state index contributed by atoms with van der Waals surface area (Å²) in [6, 6.07) is 13.1. The Balaban J connectivity index is 1.90. The number of para-hydroxylation sites is 1. The Bertz CT molecular complexity index is 662. The maximum Gasteiger partial charge on any atom is 0.125 e. The van der Waals surface area contributed by atoms with Crippen LogP contribution in [-0.2, 0) is 13.1 Å². The molecule has 1 N–H and O–H groups in total. The number of phenolic OH excluding ortho intramolecular Hbond substituents is 1. The molecule has 2 aromatic rings. The van der Waals surface area contributed by atoms with Gasteiger partial charge in [0.25, 0.3) is 0 Å². The van der Waals surface area contributed by atoms with E-state index in [9.17, 15) is 5.11 Å². The zero-order valence-electron chi connectivity index (χ0n) is 14.5. The number of ether oxygens (including phenoxy) is 1. The first-order chi connectivity index (χ1) is 11.5. The SMILES string of the molecule is CN(C)Cc1c(Cl)cccc1OCCN(C)Cc1ccccc1O. The lowest BCUT2D eigenvalue weighted by atomic mass is 10.2. The number of aromatic hydroxyl groups is 1. The van der Waals surface area contributed by atoms with Crippen LogP contribution in [-0.4, -0.2) is 49.2 Å². The van der Waals surface area contributed by atoms with Crippen molar-refractivity contribution < 1.29 is 9.84 Å². The van der Waals surface area contributed by atoms with Crippen molar-refractivity contribution in [2.45, 2.75) is 13.1 Å². The fourth-order valence-corrected chi connectivity index (χ4v) is 2.70. The zero-order chi connectivity index (χ0) is 17.5. The minimum absolute atomic E-state index is 0.327. The van der Waals surface area contributed by atoms with Gasteiger partial charge in [-0.1, -0.05) is 35.9 Å². The molecule has 0 spiro atoms. The lowest BCUT2D eigenvalue weighted by Crippen LogP contribution is -2.24. The second kappa shape index (κ2) is 8.92. The average molecular weight is 349 g/mol. The van der Waals surface area contributed by atoms with Crippen LogP contribution in [0.2, 0.25) is 5.02 Å². The lowest BCUT2D eigenvalue weighted by Gasteiger charge is -2.20. The van der Waals surface area contributed by atoms with Crippen LogP contribution in [0.1, 0.15) is 11.1 Å². The molecule has 24 heavy (non-hydrogen) atoms. The third-order valence-corrected chi connectivity index (χ3v) is 4.07. The number of rotatable bonds is 8. The molecule has 5 heteroatoms. The third kappa shape index (κ3) is 5.41. The van der Waals surface area contributed by atoms with Crippen LogP contribution in [0, 0.1) is 0 Å². The van der Waals surface area contributed by atoms with E-state index >= 15 is 0 Å². The van der Waals surface area contributed by atoms with E-state index in [1.807, 2.05) is 57.5 Å². The Kier molecular flexibility index (Phi) is 6.91. The number of hydrogen-bond acceptors (Lipinski definition) is 4. The lowest BCUT2D eigenvalue weighted by molar-refractivity contribution is 0.228. The fourth-order valence-electron chi connectivity index (χ4n) is 2.47. The normalized spacial score (nSPS) is 11.2. The third-order valence-electron chi connectivity index (χ3n) is 3.71. The van der Waals surface area contributed by atoms with Crippen molar-refractivity contribution in [3.05, 3.63) is 58.6 Å². The molecule has 2 rings (SSSR count). The van der Waals surface area contributed by atoms with Crippen LogP contribution in [0.15, 0.2) is 42.5 Å². The summed E-state index contributed by atoms with van der Waals surface area (Å²) in [6.45, 7) is 2.73. The summed E-state index contributed by atoms with van der Waals surface area (Å²) in [5.41, 5.74) is 1.92. The van der Waals surface area contributed by atoms with E-state index in [4.69, 9.17) is 16.3 Å². The van der Waals surface area contributed by atoms with Crippen molar-refractivity contribution in [2.24, 2.45) is 0 Å². The summed E-state index contributed by atoms with van der Waals surface area (Å²) < 4.78 is 5.94. The maximum atomic E-state index is 9.84. The quantitative estimate of drug-likeness (QED) is 0.790. The van der Waals surface area contributed by atoms with E-state index in [1.54, 1.807) is 6.07 Å². The van der Waals surface area contributed by atoms with Gasteiger partial charge in [-0.2, -0.15) is 0 Å². The van der Waals surface area contributed by atoms with Gasteiger partial charge in [-0.05, 0) is 39.3 Å². The number of likely N-dealkylation sites (N-methyl/N-ethyl adjacent to an activating group) is 1. The van der Waals surface area contributed by atoms with Gasteiger partial charge >= 0.3 is 0 Å². The van der Waals surface area contributed by atoms with E-state index in [1.165, 1.54) is 0 Å². The predicted molar refractivity (Wildman–Crippen MR) is 98.8 cm³/mol. The number of hydrogen-bond donors (Lipinski definition) is 1. The van der Waals surface area contributed by atoms with E-state index in [2.05, 4.69) is 9.80 Å². The van der Waals surface area contributed by atoms with E-state index in [-0.39, 0.29) is 0 Å². The van der Waals surface area contributed by atoms with E-state index < -0.39 is 0 Å². The molecule has 0 amide bonds. The summed E-state index contributed by atoms with van der Waals surface area (Å²) in [5, 5.41) is 10.6. The number of benzene rings is 2. The number of phenols is 1. The Morgan fingerprint density at radius 3 is 2.46 bits per heavy atom. The standard InChI is InChI=1S/C19H25ClN2O2/c1-21(2)14-16-17(20)8-6-10-19(16)24-12-11-22(3)13-15-7-4-5-9-18(15)23/h4-10,23H,11-14H2,1-3H3. The van der Waals surface area contributed by atoms with Crippen molar-refractivity contribution in [3.63, 3.8) is 0 Å². The van der Waals surface area contributed by atoms with Crippen LogP contribution < -0.4 is 4.74 Å². The molecule has 0 saturated carbocycles. The van der Waals surface area contributed by atoms with Crippen LogP contribution >= 0.6 is 11.6 Å². The minimum Gasteiger partial charge on any atom is -0.508 e. The molecular weight excluding hydrogens is 324 g/mol. The second-order valence-electron chi connectivity index (χ2n) is 6.17. The molecule has 0 saturated heterocycles. The topological polar surface area (TPSA) is 35.9 Å². The zero-order valence-corrected chi connectivity index (χ0v) is 15.3. The van der Waals surface area contributed by atoms with Crippen molar-refractivity contribution >= 4 is 11.6 Å². The summed E-state index contributed by atoms with van der Waals surface area (Å²) in [7, 11) is 6.02. The minimum atomic E-state index is 0.327.